The van der Waals surface area contributed by atoms with Crippen LogP contribution in [0.15, 0.2) is 0 Å². The molecule has 0 aliphatic carbocycles. The third-order valence-corrected chi connectivity index (χ3v) is 4.02. The lowest BCUT2D eigenvalue weighted by Gasteiger charge is -2.30. The van der Waals surface area contributed by atoms with Gasteiger partial charge in [0.05, 0.1) is 0 Å². The van der Waals surface area contributed by atoms with Gasteiger partial charge in [-0.15, -0.1) is 0 Å². The molecule has 24 heavy (non-hydrogen) atoms. The van der Waals surface area contributed by atoms with Gasteiger partial charge in [0.15, 0.2) is 0 Å². The van der Waals surface area contributed by atoms with Gasteiger partial charge >= 0.3 is 11.9 Å². The number of hydrogen-bond donors (Lipinski definition) is 1. The van der Waals surface area contributed by atoms with Crippen LogP contribution in [0.25, 0.3) is 0 Å². The molecule has 8 heteroatoms. The predicted molar refractivity (Wildman–Crippen MR) is 91.4 cm³/mol. The average molecular weight is 344 g/mol. The lowest BCUT2D eigenvalue weighted by atomic mass is 10.3. The van der Waals surface area contributed by atoms with Crippen LogP contribution >= 0.6 is 0 Å². The van der Waals surface area contributed by atoms with Crippen molar-refractivity contribution in [1.29, 1.82) is 0 Å². The first-order valence-electron chi connectivity index (χ1n) is 8.65. The number of ether oxygens (including phenoxy) is 2. The number of nitrogens with one attached hydrogen (secondary N) is 1. The normalized spacial score (nSPS) is 20.0. The number of carbonyl (C=O) groups is 2. The van der Waals surface area contributed by atoms with Crippen molar-refractivity contribution in [3.05, 3.63) is 0 Å². The van der Waals surface area contributed by atoms with Crippen molar-refractivity contribution in [3.63, 3.8) is 0 Å². The summed E-state index contributed by atoms with van der Waals surface area (Å²) >= 11 is 0. The van der Waals surface area contributed by atoms with E-state index in [-0.39, 0.29) is 11.9 Å². The van der Waals surface area contributed by atoms with Gasteiger partial charge in [0.25, 0.3) is 0 Å². The maximum absolute atomic E-state index is 11.1. The highest BCUT2D eigenvalue weighted by Crippen LogP contribution is 1.98. The molecule has 0 aromatic carbocycles. The van der Waals surface area contributed by atoms with E-state index in [9.17, 15) is 9.59 Å². The van der Waals surface area contributed by atoms with Crippen LogP contribution < -0.4 is 5.32 Å². The summed E-state index contributed by atoms with van der Waals surface area (Å²) in [5.74, 6) is -0.543. The minimum Gasteiger partial charge on any atom is -0.450 e. The van der Waals surface area contributed by atoms with Gasteiger partial charge in [0.1, 0.15) is 13.5 Å². The smallest absolute Gasteiger partial charge is 0.303 e. The minimum absolute atomic E-state index is 0.269. The number of esters is 2. The molecule has 1 aliphatic heterocycles. The Balaban J connectivity index is 2.59. The van der Waals surface area contributed by atoms with E-state index in [4.69, 9.17) is 9.47 Å². The molecule has 0 aromatic heterocycles. The van der Waals surface area contributed by atoms with Gasteiger partial charge in [0, 0.05) is 66.2 Å². The maximum atomic E-state index is 11.1. The van der Waals surface area contributed by atoms with Crippen molar-refractivity contribution in [2.75, 3.05) is 72.4 Å². The third kappa shape index (κ3) is 9.82. The number of rotatable bonds is 5. The van der Waals surface area contributed by atoms with Gasteiger partial charge in [-0.1, -0.05) is 6.92 Å². The summed E-state index contributed by atoms with van der Waals surface area (Å²) in [6, 6.07) is 0. The van der Waals surface area contributed by atoms with Crippen LogP contribution in [-0.4, -0.2) is 99.0 Å². The van der Waals surface area contributed by atoms with Crippen LogP contribution in [0.2, 0.25) is 0 Å². The summed E-state index contributed by atoms with van der Waals surface area (Å²) in [5.41, 5.74) is 0. The number of likely N-dealkylation sites (N-methyl/N-ethyl adjacent to an activating group) is 1. The van der Waals surface area contributed by atoms with Crippen molar-refractivity contribution >= 4 is 11.9 Å². The van der Waals surface area contributed by atoms with Gasteiger partial charge in [-0.2, -0.15) is 0 Å². The lowest BCUT2D eigenvalue weighted by molar-refractivity contribution is -0.148. The Hall–Kier alpha value is -1.22. The largest absolute Gasteiger partial charge is 0.450 e. The molecular weight excluding hydrogens is 312 g/mol. The van der Waals surface area contributed by atoms with Gasteiger partial charge in [-0.05, 0) is 6.54 Å². The van der Waals surface area contributed by atoms with Crippen LogP contribution in [0.4, 0.5) is 0 Å². The van der Waals surface area contributed by atoms with E-state index in [1.165, 1.54) is 13.8 Å². The summed E-state index contributed by atoms with van der Waals surface area (Å²) in [4.78, 5) is 28.7. The zero-order chi connectivity index (χ0) is 17.8. The molecule has 0 atom stereocenters. The fourth-order valence-electron chi connectivity index (χ4n) is 2.44. The number of carbonyl (C=O) groups excluding carboxylic acids is 2. The molecule has 0 unspecified atom stereocenters. The van der Waals surface area contributed by atoms with Crippen molar-refractivity contribution in [2.45, 2.75) is 20.8 Å². The van der Waals surface area contributed by atoms with Crippen LogP contribution in [0.5, 0.6) is 0 Å². The second-order valence-corrected chi connectivity index (χ2v) is 5.95. The minimum atomic E-state index is -0.274. The molecule has 1 fully saturated rings. The van der Waals surface area contributed by atoms with Crippen molar-refractivity contribution < 1.29 is 19.1 Å². The summed E-state index contributed by atoms with van der Waals surface area (Å²) in [5, 5.41) is 3.43. The van der Waals surface area contributed by atoms with Crippen LogP contribution in [0.3, 0.4) is 0 Å². The van der Waals surface area contributed by atoms with E-state index < -0.39 is 0 Å². The van der Waals surface area contributed by atoms with Crippen LogP contribution in [0, 0.1) is 0 Å². The molecule has 0 bridgehead atoms. The van der Waals surface area contributed by atoms with E-state index in [0.717, 1.165) is 58.9 Å². The Labute approximate surface area is 145 Å². The Bertz CT molecular complexity index is 381. The van der Waals surface area contributed by atoms with Gasteiger partial charge in [-0.25, -0.2) is 0 Å². The first kappa shape index (κ1) is 20.8. The molecule has 0 aromatic rings. The summed E-state index contributed by atoms with van der Waals surface area (Å²) in [6.07, 6.45) is 0. The van der Waals surface area contributed by atoms with Crippen molar-refractivity contribution in [1.82, 2.24) is 20.0 Å². The first-order chi connectivity index (χ1) is 11.5. The maximum Gasteiger partial charge on any atom is 0.303 e. The molecule has 0 saturated carbocycles. The molecule has 1 heterocycles. The molecule has 0 radical (unpaired) electrons. The Kier molecular flexibility index (Phi) is 10.6. The summed E-state index contributed by atoms with van der Waals surface area (Å²) < 4.78 is 10.3. The highest BCUT2D eigenvalue weighted by Gasteiger charge is 2.14. The van der Waals surface area contributed by atoms with Gasteiger partial charge < -0.3 is 19.7 Å². The topological polar surface area (TPSA) is 74.3 Å². The van der Waals surface area contributed by atoms with Crippen LogP contribution in [-0.2, 0) is 19.1 Å². The highest BCUT2D eigenvalue weighted by atomic mass is 16.5. The van der Waals surface area contributed by atoms with E-state index in [2.05, 4.69) is 26.9 Å². The summed E-state index contributed by atoms with van der Waals surface area (Å²) in [6.45, 7) is 13.4. The van der Waals surface area contributed by atoms with Crippen molar-refractivity contribution in [2.24, 2.45) is 0 Å². The number of nitrogens with zero attached hydrogens (tertiary/aromatic N) is 3. The molecule has 8 nitrogen and oxygen atoms in total. The average Bonchev–Trinajstić information content (AvgIpc) is 2.53. The first-order valence-corrected chi connectivity index (χ1v) is 8.65. The van der Waals surface area contributed by atoms with E-state index in [0.29, 0.717) is 13.5 Å². The van der Waals surface area contributed by atoms with Gasteiger partial charge in [-0.3, -0.25) is 19.4 Å². The molecule has 0 amide bonds. The fraction of sp³-hybridized carbons (Fsp3) is 0.875. The quantitative estimate of drug-likeness (QED) is 0.673. The molecular formula is C16H32N4O4. The van der Waals surface area contributed by atoms with E-state index in [1.807, 2.05) is 0 Å². The van der Waals surface area contributed by atoms with Crippen molar-refractivity contribution in [3.8, 4) is 0 Å². The fourth-order valence-corrected chi connectivity index (χ4v) is 2.44. The monoisotopic (exact) mass is 344 g/mol. The zero-order valence-corrected chi connectivity index (χ0v) is 15.3. The Morgan fingerprint density at radius 3 is 1.67 bits per heavy atom. The summed E-state index contributed by atoms with van der Waals surface area (Å²) in [7, 11) is 0. The molecule has 0 spiro atoms. The second kappa shape index (κ2) is 12.2. The SMILES string of the molecule is CCN1CCNCCN(COC(C)=O)CCN(COC(C)=O)CC1. The highest BCUT2D eigenvalue weighted by molar-refractivity contribution is 5.66. The third-order valence-electron chi connectivity index (χ3n) is 4.02. The van der Waals surface area contributed by atoms with Gasteiger partial charge in [0.2, 0.25) is 0 Å². The number of hydrogen-bond acceptors (Lipinski definition) is 8. The second-order valence-electron chi connectivity index (χ2n) is 5.95. The Morgan fingerprint density at radius 1 is 0.792 bits per heavy atom. The molecule has 140 valence electrons. The standard InChI is InChI=1S/C16H32N4O4/c1-4-18-7-5-17-6-8-19(13-23-15(2)21)11-12-20(10-9-18)14-24-16(3)22/h17H,4-14H2,1-3H3. The van der Waals surface area contributed by atoms with E-state index >= 15 is 0 Å². The lowest BCUT2D eigenvalue weighted by Crippen LogP contribution is -2.45. The molecule has 1 aliphatic rings. The van der Waals surface area contributed by atoms with E-state index in [1.54, 1.807) is 0 Å². The Morgan fingerprint density at radius 2 is 1.21 bits per heavy atom. The molecule has 1 N–H and O–H groups in total. The molecule has 1 rings (SSSR count). The molecule has 1 saturated heterocycles. The van der Waals surface area contributed by atoms with Crippen LogP contribution in [0.1, 0.15) is 20.8 Å². The zero-order valence-electron chi connectivity index (χ0n) is 15.3. The predicted octanol–water partition coefficient (Wildman–Crippen LogP) is -0.443.